The minimum Gasteiger partial charge on any atom is -0.325 e. The van der Waals surface area contributed by atoms with Gasteiger partial charge >= 0.3 is 0 Å². The monoisotopic (exact) mass is 338 g/mol. The molecule has 100 valence electrons. The lowest BCUT2D eigenvalue weighted by atomic mass is 10.3. The third-order valence-corrected chi connectivity index (χ3v) is 4.04. The van der Waals surface area contributed by atoms with Crippen molar-refractivity contribution in [3.8, 4) is 0 Å². The van der Waals surface area contributed by atoms with E-state index < -0.39 is 0 Å². The molecule has 0 aliphatic rings. The first-order chi connectivity index (χ1) is 9.13. The average Bonchev–Trinajstić information content (AvgIpc) is 2.78. The van der Waals surface area contributed by atoms with Gasteiger partial charge in [0.1, 0.15) is 0 Å². The summed E-state index contributed by atoms with van der Waals surface area (Å²) in [6, 6.07) is 11.7. The number of amides is 1. The lowest BCUT2D eigenvalue weighted by molar-refractivity contribution is -0.115. The Bertz CT molecular complexity index is 551. The summed E-state index contributed by atoms with van der Waals surface area (Å²) in [7, 11) is 0. The highest BCUT2D eigenvalue weighted by Crippen LogP contribution is 2.15. The Morgan fingerprint density at radius 1 is 1.21 bits per heavy atom. The van der Waals surface area contributed by atoms with Crippen LogP contribution in [-0.2, 0) is 11.3 Å². The van der Waals surface area contributed by atoms with Crippen LogP contribution in [0, 0.1) is 6.92 Å². The Morgan fingerprint density at radius 2 is 1.95 bits per heavy atom. The van der Waals surface area contributed by atoms with E-state index in [4.69, 9.17) is 0 Å². The lowest BCUT2D eigenvalue weighted by Crippen LogP contribution is -2.27. The predicted octanol–water partition coefficient (Wildman–Crippen LogP) is 3.55. The van der Waals surface area contributed by atoms with E-state index in [0.717, 1.165) is 16.7 Å². The second-order valence-electron chi connectivity index (χ2n) is 4.17. The van der Waals surface area contributed by atoms with Crippen molar-refractivity contribution in [3.63, 3.8) is 0 Å². The summed E-state index contributed by atoms with van der Waals surface area (Å²) >= 11 is 5.10. The molecule has 0 unspecified atom stereocenters. The highest BCUT2D eigenvalue weighted by Gasteiger charge is 2.02. The van der Waals surface area contributed by atoms with Gasteiger partial charge in [-0.3, -0.25) is 4.79 Å². The normalized spacial score (nSPS) is 10.4. The van der Waals surface area contributed by atoms with Gasteiger partial charge in [-0.05, 0) is 43.3 Å². The molecular weight excluding hydrogens is 324 g/mol. The van der Waals surface area contributed by atoms with Crippen LogP contribution in [0.4, 0.5) is 5.69 Å². The number of anilines is 1. The summed E-state index contributed by atoms with van der Waals surface area (Å²) in [6.07, 6.45) is 0. The number of nitrogens with one attached hydrogen (secondary N) is 2. The maximum Gasteiger partial charge on any atom is 0.238 e. The summed E-state index contributed by atoms with van der Waals surface area (Å²) in [5, 5.41) is 5.98. The molecule has 1 heterocycles. The summed E-state index contributed by atoms with van der Waals surface area (Å²) in [5.41, 5.74) is 0.807. The molecule has 2 rings (SSSR count). The third kappa shape index (κ3) is 4.78. The third-order valence-electron chi connectivity index (χ3n) is 2.51. The van der Waals surface area contributed by atoms with Crippen molar-refractivity contribution >= 4 is 38.9 Å². The molecule has 1 aromatic carbocycles. The highest BCUT2D eigenvalue weighted by atomic mass is 79.9. The number of thiophene rings is 1. The fourth-order valence-electron chi connectivity index (χ4n) is 1.62. The van der Waals surface area contributed by atoms with E-state index in [0.29, 0.717) is 6.54 Å². The van der Waals surface area contributed by atoms with Crippen molar-refractivity contribution in [1.82, 2.24) is 5.32 Å². The van der Waals surface area contributed by atoms with Crippen molar-refractivity contribution in [2.24, 2.45) is 0 Å². The fraction of sp³-hybridized carbons (Fsp3) is 0.214. The van der Waals surface area contributed by atoms with Crippen molar-refractivity contribution in [1.29, 1.82) is 0 Å². The van der Waals surface area contributed by atoms with Crippen LogP contribution >= 0.6 is 27.3 Å². The predicted molar refractivity (Wildman–Crippen MR) is 83.5 cm³/mol. The zero-order valence-electron chi connectivity index (χ0n) is 10.6. The van der Waals surface area contributed by atoms with Gasteiger partial charge in [0.05, 0.1) is 6.54 Å². The summed E-state index contributed by atoms with van der Waals surface area (Å²) in [6.45, 7) is 3.12. The molecule has 19 heavy (non-hydrogen) atoms. The first kappa shape index (κ1) is 14.2. The number of benzene rings is 1. The summed E-state index contributed by atoms with van der Waals surface area (Å²) < 4.78 is 0.997. The number of aryl methyl sites for hydroxylation is 1. The molecule has 1 amide bonds. The zero-order chi connectivity index (χ0) is 13.7. The first-order valence-corrected chi connectivity index (χ1v) is 7.56. The molecule has 0 aliphatic carbocycles. The number of carbonyl (C=O) groups excluding carboxylic acids is 1. The number of hydrogen-bond donors (Lipinski definition) is 2. The van der Waals surface area contributed by atoms with Gasteiger partial charge in [0.15, 0.2) is 0 Å². The van der Waals surface area contributed by atoms with Crippen LogP contribution in [0.3, 0.4) is 0 Å². The van der Waals surface area contributed by atoms with E-state index in [1.165, 1.54) is 9.75 Å². The van der Waals surface area contributed by atoms with Gasteiger partial charge in [-0.2, -0.15) is 0 Å². The molecule has 0 bridgehead atoms. The first-order valence-electron chi connectivity index (χ1n) is 5.95. The average molecular weight is 339 g/mol. The van der Waals surface area contributed by atoms with E-state index in [9.17, 15) is 4.79 Å². The van der Waals surface area contributed by atoms with E-state index in [1.54, 1.807) is 11.3 Å². The quantitative estimate of drug-likeness (QED) is 0.875. The maximum absolute atomic E-state index is 11.7. The van der Waals surface area contributed by atoms with E-state index in [-0.39, 0.29) is 5.91 Å². The van der Waals surface area contributed by atoms with Crippen molar-refractivity contribution in [2.75, 3.05) is 11.9 Å². The lowest BCUT2D eigenvalue weighted by Gasteiger charge is -2.06. The van der Waals surface area contributed by atoms with Gasteiger partial charge in [-0.15, -0.1) is 11.3 Å². The van der Waals surface area contributed by atoms with Crippen LogP contribution in [0.15, 0.2) is 40.9 Å². The Kier molecular flexibility index (Phi) is 5.13. The standard InChI is InChI=1S/C14H15BrN2OS/c1-10-2-7-13(19-10)8-16-9-14(18)17-12-5-3-11(15)4-6-12/h2-7,16H,8-9H2,1H3,(H,17,18). The molecule has 2 N–H and O–H groups in total. The highest BCUT2D eigenvalue weighted by molar-refractivity contribution is 9.10. The van der Waals surface area contributed by atoms with Gasteiger partial charge < -0.3 is 10.6 Å². The van der Waals surface area contributed by atoms with Gasteiger partial charge in [0, 0.05) is 26.5 Å². The van der Waals surface area contributed by atoms with Gasteiger partial charge in [-0.1, -0.05) is 15.9 Å². The molecule has 0 saturated heterocycles. The van der Waals surface area contributed by atoms with Crippen LogP contribution < -0.4 is 10.6 Å². The summed E-state index contributed by atoms with van der Waals surface area (Å²) in [4.78, 5) is 14.2. The molecule has 0 radical (unpaired) electrons. The molecule has 2 aromatic rings. The molecule has 3 nitrogen and oxygen atoms in total. The Labute approximate surface area is 125 Å². The van der Waals surface area contributed by atoms with Crippen LogP contribution in [0.1, 0.15) is 9.75 Å². The van der Waals surface area contributed by atoms with Gasteiger partial charge in [-0.25, -0.2) is 0 Å². The second-order valence-corrected chi connectivity index (χ2v) is 6.46. The second kappa shape index (κ2) is 6.84. The molecule has 5 heteroatoms. The van der Waals surface area contributed by atoms with Crippen molar-refractivity contribution in [3.05, 3.63) is 50.6 Å². The van der Waals surface area contributed by atoms with Gasteiger partial charge in [0.25, 0.3) is 0 Å². The minimum atomic E-state index is -0.0319. The largest absolute Gasteiger partial charge is 0.325 e. The Hall–Kier alpha value is -1.17. The molecule has 0 spiro atoms. The van der Waals surface area contributed by atoms with Crippen molar-refractivity contribution in [2.45, 2.75) is 13.5 Å². The Balaban J connectivity index is 1.74. The molecular formula is C14H15BrN2OS. The molecule has 0 aliphatic heterocycles. The molecule has 1 aromatic heterocycles. The molecule has 0 saturated carbocycles. The summed E-state index contributed by atoms with van der Waals surface area (Å²) in [5.74, 6) is -0.0319. The van der Waals surface area contributed by atoms with Crippen LogP contribution in [0.5, 0.6) is 0 Å². The molecule has 0 fully saturated rings. The zero-order valence-corrected chi connectivity index (χ0v) is 13.0. The van der Waals surface area contributed by atoms with Gasteiger partial charge in [0.2, 0.25) is 5.91 Å². The minimum absolute atomic E-state index is 0.0319. The van der Waals surface area contributed by atoms with E-state index >= 15 is 0 Å². The number of halogens is 1. The topological polar surface area (TPSA) is 41.1 Å². The molecule has 0 atom stereocenters. The van der Waals surface area contributed by atoms with Crippen LogP contribution in [0.2, 0.25) is 0 Å². The smallest absolute Gasteiger partial charge is 0.238 e. The SMILES string of the molecule is Cc1ccc(CNCC(=O)Nc2ccc(Br)cc2)s1. The fourth-order valence-corrected chi connectivity index (χ4v) is 2.74. The number of hydrogen-bond acceptors (Lipinski definition) is 3. The Morgan fingerprint density at radius 3 is 2.58 bits per heavy atom. The van der Waals surface area contributed by atoms with Crippen molar-refractivity contribution < 1.29 is 4.79 Å². The van der Waals surface area contributed by atoms with E-state index in [2.05, 4.69) is 45.6 Å². The number of rotatable bonds is 5. The maximum atomic E-state index is 11.7. The van der Waals surface area contributed by atoms with E-state index in [1.807, 2.05) is 24.3 Å². The van der Waals surface area contributed by atoms with Crippen LogP contribution in [-0.4, -0.2) is 12.5 Å². The number of carbonyl (C=O) groups is 1. The van der Waals surface area contributed by atoms with Crippen LogP contribution in [0.25, 0.3) is 0 Å².